The summed E-state index contributed by atoms with van der Waals surface area (Å²) in [5, 5.41) is 3.25. The maximum Gasteiger partial charge on any atom is 0.225 e. The first-order valence-corrected chi connectivity index (χ1v) is 7.75. The zero-order chi connectivity index (χ0) is 16.9. The van der Waals surface area contributed by atoms with Crippen LogP contribution in [0.5, 0.6) is 0 Å². The summed E-state index contributed by atoms with van der Waals surface area (Å²) in [6, 6.07) is 11.8. The van der Waals surface area contributed by atoms with Gasteiger partial charge in [0.1, 0.15) is 5.82 Å². The van der Waals surface area contributed by atoms with E-state index in [1.54, 1.807) is 6.20 Å². The van der Waals surface area contributed by atoms with Crippen molar-refractivity contribution in [3.05, 3.63) is 60.0 Å². The molecule has 0 aliphatic heterocycles. The number of nitrogens with one attached hydrogen (secondary N) is 1. The summed E-state index contributed by atoms with van der Waals surface area (Å²) in [6.45, 7) is 2.58. The topological polar surface area (TPSA) is 66.8 Å². The molecule has 0 radical (unpaired) electrons. The van der Waals surface area contributed by atoms with Crippen LogP contribution in [-0.2, 0) is 6.54 Å². The van der Waals surface area contributed by atoms with Gasteiger partial charge in [-0.1, -0.05) is 12.1 Å². The normalized spacial score (nSPS) is 10.5. The first kappa shape index (κ1) is 15.9. The fourth-order valence-corrected chi connectivity index (χ4v) is 2.24. The maximum atomic E-state index is 4.49. The number of hydrogen-bond donors (Lipinski definition) is 1. The summed E-state index contributed by atoms with van der Waals surface area (Å²) in [4.78, 5) is 19.6. The summed E-state index contributed by atoms with van der Waals surface area (Å²) in [7, 11) is 3.93. The number of rotatable bonds is 5. The predicted molar refractivity (Wildman–Crippen MR) is 95.9 cm³/mol. The average molecular weight is 320 g/mol. The third-order valence-corrected chi connectivity index (χ3v) is 3.50. The third-order valence-electron chi connectivity index (χ3n) is 3.50. The Kier molecular flexibility index (Phi) is 4.65. The third kappa shape index (κ3) is 3.84. The quantitative estimate of drug-likeness (QED) is 0.779. The van der Waals surface area contributed by atoms with E-state index in [1.165, 1.54) is 0 Å². The van der Waals surface area contributed by atoms with E-state index in [0.717, 1.165) is 28.5 Å². The van der Waals surface area contributed by atoms with Gasteiger partial charge < -0.3 is 10.2 Å². The molecular weight excluding hydrogens is 300 g/mol. The van der Waals surface area contributed by atoms with Crippen molar-refractivity contribution >= 4 is 11.8 Å². The van der Waals surface area contributed by atoms with Crippen molar-refractivity contribution in [2.75, 3.05) is 24.3 Å². The van der Waals surface area contributed by atoms with Crippen molar-refractivity contribution in [3.63, 3.8) is 0 Å². The molecule has 3 heterocycles. The Labute approximate surface area is 141 Å². The monoisotopic (exact) mass is 320 g/mol. The van der Waals surface area contributed by atoms with E-state index in [0.29, 0.717) is 12.5 Å². The molecule has 0 aliphatic carbocycles. The lowest BCUT2D eigenvalue weighted by Gasteiger charge is -2.13. The number of nitrogens with zero attached hydrogens (tertiary/aromatic N) is 5. The SMILES string of the molecule is Cc1cc(N(C)C)nc(NCc2ccc(-c3ccccn3)nc2)n1. The Balaban J connectivity index is 1.69. The average Bonchev–Trinajstić information content (AvgIpc) is 2.61. The van der Waals surface area contributed by atoms with Gasteiger partial charge in [-0.2, -0.15) is 4.98 Å². The largest absolute Gasteiger partial charge is 0.363 e. The predicted octanol–water partition coefficient (Wildman–Crippen LogP) is 2.92. The first-order chi connectivity index (χ1) is 11.6. The minimum absolute atomic E-state index is 0.617. The molecule has 0 unspecified atom stereocenters. The molecule has 0 aromatic carbocycles. The summed E-state index contributed by atoms with van der Waals surface area (Å²) in [5.41, 5.74) is 3.72. The van der Waals surface area contributed by atoms with Crippen LogP contribution in [0.3, 0.4) is 0 Å². The molecular formula is C18H20N6. The summed E-state index contributed by atoms with van der Waals surface area (Å²) < 4.78 is 0. The van der Waals surface area contributed by atoms with Gasteiger partial charge in [0, 0.05) is 44.8 Å². The van der Waals surface area contributed by atoms with Gasteiger partial charge >= 0.3 is 0 Å². The number of aromatic nitrogens is 4. The van der Waals surface area contributed by atoms with Crippen molar-refractivity contribution < 1.29 is 0 Å². The minimum atomic E-state index is 0.617. The molecule has 122 valence electrons. The fraction of sp³-hybridized carbons (Fsp3) is 0.222. The van der Waals surface area contributed by atoms with E-state index < -0.39 is 0 Å². The Morgan fingerprint density at radius 2 is 1.83 bits per heavy atom. The van der Waals surface area contributed by atoms with Crippen molar-refractivity contribution in [2.24, 2.45) is 0 Å². The second kappa shape index (κ2) is 7.04. The van der Waals surface area contributed by atoms with Crippen molar-refractivity contribution in [2.45, 2.75) is 13.5 Å². The Morgan fingerprint density at radius 3 is 2.50 bits per heavy atom. The van der Waals surface area contributed by atoms with Gasteiger partial charge in [-0.05, 0) is 30.7 Å². The molecule has 1 N–H and O–H groups in total. The van der Waals surface area contributed by atoms with E-state index in [2.05, 4.69) is 25.3 Å². The molecule has 0 saturated carbocycles. The van der Waals surface area contributed by atoms with Crippen LogP contribution < -0.4 is 10.2 Å². The van der Waals surface area contributed by atoms with Crippen LogP contribution >= 0.6 is 0 Å². The fourth-order valence-electron chi connectivity index (χ4n) is 2.24. The van der Waals surface area contributed by atoms with Gasteiger partial charge in [0.2, 0.25) is 5.95 Å². The van der Waals surface area contributed by atoms with Crippen molar-refractivity contribution in [3.8, 4) is 11.4 Å². The van der Waals surface area contributed by atoms with Gasteiger partial charge in [0.25, 0.3) is 0 Å². The molecule has 0 saturated heterocycles. The van der Waals surface area contributed by atoms with E-state index in [1.807, 2.05) is 68.5 Å². The number of aryl methyl sites for hydroxylation is 1. The zero-order valence-corrected chi connectivity index (χ0v) is 14.1. The highest BCUT2D eigenvalue weighted by molar-refractivity contribution is 5.53. The van der Waals surface area contributed by atoms with Crippen molar-refractivity contribution in [1.82, 2.24) is 19.9 Å². The maximum absolute atomic E-state index is 4.49. The lowest BCUT2D eigenvalue weighted by molar-refractivity contribution is 0.984. The second-order valence-corrected chi connectivity index (χ2v) is 5.71. The smallest absolute Gasteiger partial charge is 0.225 e. The molecule has 3 aromatic heterocycles. The molecule has 24 heavy (non-hydrogen) atoms. The molecule has 0 atom stereocenters. The van der Waals surface area contributed by atoms with E-state index in [9.17, 15) is 0 Å². The molecule has 6 heteroatoms. The van der Waals surface area contributed by atoms with Gasteiger partial charge in [-0.15, -0.1) is 0 Å². The summed E-state index contributed by atoms with van der Waals surface area (Å²) in [6.07, 6.45) is 3.61. The zero-order valence-electron chi connectivity index (χ0n) is 14.1. The highest BCUT2D eigenvalue weighted by Gasteiger charge is 2.05. The second-order valence-electron chi connectivity index (χ2n) is 5.71. The highest BCUT2D eigenvalue weighted by Crippen LogP contribution is 2.15. The molecule has 3 rings (SSSR count). The van der Waals surface area contributed by atoms with Crippen LogP contribution in [0.2, 0.25) is 0 Å². The molecule has 0 aliphatic rings. The van der Waals surface area contributed by atoms with Crippen LogP contribution in [-0.4, -0.2) is 34.0 Å². The molecule has 0 amide bonds. The van der Waals surface area contributed by atoms with Crippen LogP contribution in [0.15, 0.2) is 48.8 Å². The van der Waals surface area contributed by atoms with Crippen LogP contribution in [0.1, 0.15) is 11.3 Å². The van der Waals surface area contributed by atoms with Crippen LogP contribution in [0, 0.1) is 6.92 Å². The van der Waals surface area contributed by atoms with Gasteiger partial charge in [-0.25, -0.2) is 4.98 Å². The summed E-state index contributed by atoms with van der Waals surface area (Å²) in [5.74, 6) is 1.50. The summed E-state index contributed by atoms with van der Waals surface area (Å²) >= 11 is 0. The highest BCUT2D eigenvalue weighted by atomic mass is 15.2. The van der Waals surface area contributed by atoms with Crippen LogP contribution in [0.25, 0.3) is 11.4 Å². The number of pyridine rings is 2. The van der Waals surface area contributed by atoms with E-state index in [-0.39, 0.29) is 0 Å². The first-order valence-electron chi connectivity index (χ1n) is 7.75. The standard InChI is InChI=1S/C18H20N6/c1-13-10-17(24(2)3)23-18(22-13)21-12-14-7-8-16(20-11-14)15-6-4-5-9-19-15/h4-11H,12H2,1-3H3,(H,21,22,23). The molecule has 0 fully saturated rings. The number of hydrogen-bond acceptors (Lipinski definition) is 6. The lowest BCUT2D eigenvalue weighted by atomic mass is 10.2. The van der Waals surface area contributed by atoms with Gasteiger partial charge in [0.15, 0.2) is 0 Å². The van der Waals surface area contributed by atoms with Gasteiger partial charge in [0.05, 0.1) is 11.4 Å². The molecule has 3 aromatic rings. The Hall–Kier alpha value is -3.02. The Morgan fingerprint density at radius 1 is 1.00 bits per heavy atom. The molecule has 6 nitrogen and oxygen atoms in total. The van der Waals surface area contributed by atoms with Gasteiger partial charge in [-0.3, -0.25) is 9.97 Å². The molecule has 0 spiro atoms. The molecule has 0 bridgehead atoms. The van der Waals surface area contributed by atoms with E-state index >= 15 is 0 Å². The van der Waals surface area contributed by atoms with E-state index in [4.69, 9.17) is 0 Å². The minimum Gasteiger partial charge on any atom is -0.363 e. The lowest BCUT2D eigenvalue weighted by Crippen LogP contribution is -2.13. The van der Waals surface area contributed by atoms with Crippen LogP contribution in [0.4, 0.5) is 11.8 Å². The Bertz CT molecular complexity index is 799. The van der Waals surface area contributed by atoms with Crippen molar-refractivity contribution in [1.29, 1.82) is 0 Å². The number of anilines is 2.